The first-order valence-corrected chi connectivity index (χ1v) is 8.23. The van der Waals surface area contributed by atoms with E-state index in [0.29, 0.717) is 35.0 Å². The fraction of sp³-hybridized carbons (Fsp3) is 0.150. The minimum atomic E-state index is -1.07. The van der Waals surface area contributed by atoms with Crippen LogP contribution in [-0.4, -0.2) is 43.5 Å². The summed E-state index contributed by atoms with van der Waals surface area (Å²) in [5, 5.41) is 12.5. The Labute approximate surface area is 162 Å². The number of rotatable bonds is 10. The lowest BCUT2D eigenvalue weighted by molar-refractivity contribution is -0.139. The van der Waals surface area contributed by atoms with Gasteiger partial charge in [-0.3, -0.25) is 4.79 Å². The van der Waals surface area contributed by atoms with E-state index in [1.807, 2.05) is 0 Å². The Kier molecular flexibility index (Phi) is 7.59. The molecule has 1 amide bonds. The topological polar surface area (TPSA) is 106 Å². The Bertz CT molecular complexity index is 879. The van der Waals surface area contributed by atoms with Gasteiger partial charge in [-0.25, -0.2) is 10.2 Å². The van der Waals surface area contributed by atoms with Gasteiger partial charge in [0.25, 0.3) is 5.91 Å². The zero-order valence-electron chi connectivity index (χ0n) is 15.3. The number of amides is 1. The second-order valence-electron chi connectivity index (χ2n) is 5.42. The molecule has 0 aliphatic carbocycles. The molecule has 0 aliphatic heterocycles. The summed E-state index contributed by atoms with van der Waals surface area (Å²) in [6, 6.07) is 11.4. The van der Waals surface area contributed by atoms with Gasteiger partial charge in [0, 0.05) is 5.56 Å². The molecule has 0 aromatic heterocycles. The molecule has 0 heterocycles. The van der Waals surface area contributed by atoms with E-state index < -0.39 is 18.5 Å². The van der Waals surface area contributed by atoms with Crippen LogP contribution in [0.4, 0.5) is 0 Å². The smallest absolute Gasteiger partial charge is 0.341 e. The lowest BCUT2D eigenvalue weighted by Crippen LogP contribution is -2.17. The quantitative estimate of drug-likeness (QED) is 0.370. The number of nitrogens with zero attached hydrogens (tertiary/aromatic N) is 1. The average Bonchev–Trinajstić information content (AvgIpc) is 2.70. The zero-order valence-corrected chi connectivity index (χ0v) is 15.3. The molecule has 2 N–H and O–H groups in total. The maximum Gasteiger partial charge on any atom is 0.341 e. The van der Waals surface area contributed by atoms with Crippen molar-refractivity contribution in [2.45, 2.75) is 0 Å². The van der Waals surface area contributed by atoms with E-state index in [1.165, 1.54) is 13.3 Å². The number of hydrogen-bond donors (Lipinski definition) is 2. The number of aliphatic carboxylic acids is 1. The molecule has 8 nitrogen and oxygen atoms in total. The van der Waals surface area contributed by atoms with Crippen LogP contribution in [0.15, 0.2) is 60.2 Å². The molecule has 0 unspecified atom stereocenters. The molecule has 2 rings (SSSR count). The first-order chi connectivity index (χ1) is 13.5. The molecule has 0 saturated carbocycles. The number of carboxylic acid groups (broad SMARTS) is 1. The van der Waals surface area contributed by atoms with Gasteiger partial charge in [-0.15, -0.1) is 0 Å². The Morgan fingerprint density at radius 1 is 1.18 bits per heavy atom. The summed E-state index contributed by atoms with van der Waals surface area (Å²) in [5.74, 6) is -0.189. The van der Waals surface area contributed by atoms with Gasteiger partial charge in [-0.1, -0.05) is 24.8 Å². The summed E-state index contributed by atoms with van der Waals surface area (Å²) >= 11 is 0. The van der Waals surface area contributed by atoms with Crippen LogP contribution in [0.1, 0.15) is 15.9 Å². The Morgan fingerprint density at radius 3 is 2.71 bits per heavy atom. The second kappa shape index (κ2) is 10.4. The largest absolute Gasteiger partial charge is 0.493 e. The van der Waals surface area contributed by atoms with Crippen LogP contribution >= 0.6 is 0 Å². The Balaban J connectivity index is 2.00. The van der Waals surface area contributed by atoms with E-state index in [1.54, 1.807) is 48.5 Å². The van der Waals surface area contributed by atoms with Crippen molar-refractivity contribution in [1.29, 1.82) is 0 Å². The maximum absolute atomic E-state index is 12.2. The van der Waals surface area contributed by atoms with Gasteiger partial charge in [-0.2, -0.15) is 5.10 Å². The predicted octanol–water partition coefficient (Wildman–Crippen LogP) is 2.49. The van der Waals surface area contributed by atoms with Crippen LogP contribution < -0.4 is 19.6 Å². The summed E-state index contributed by atoms with van der Waals surface area (Å²) in [4.78, 5) is 22.8. The molecule has 28 heavy (non-hydrogen) atoms. The molecule has 8 heteroatoms. The van der Waals surface area contributed by atoms with Gasteiger partial charge in [0.05, 0.1) is 13.3 Å². The van der Waals surface area contributed by atoms with Gasteiger partial charge in [0.2, 0.25) is 0 Å². The third-order valence-corrected chi connectivity index (χ3v) is 3.38. The van der Waals surface area contributed by atoms with Crippen LogP contribution in [-0.2, 0) is 4.79 Å². The van der Waals surface area contributed by atoms with Crippen molar-refractivity contribution in [1.82, 2.24) is 5.43 Å². The van der Waals surface area contributed by atoms with Gasteiger partial charge >= 0.3 is 5.97 Å². The molecule has 2 aromatic carbocycles. The molecule has 0 atom stereocenters. The molecule has 0 radical (unpaired) electrons. The van der Waals surface area contributed by atoms with E-state index in [-0.39, 0.29) is 0 Å². The molecule has 0 saturated heterocycles. The average molecular weight is 384 g/mol. The minimum Gasteiger partial charge on any atom is -0.493 e. The molecular weight excluding hydrogens is 364 g/mol. The molecule has 146 valence electrons. The lowest BCUT2D eigenvalue weighted by Gasteiger charge is -2.10. The summed E-state index contributed by atoms with van der Waals surface area (Å²) < 4.78 is 15.8. The van der Waals surface area contributed by atoms with Crippen LogP contribution in [0.5, 0.6) is 17.2 Å². The summed E-state index contributed by atoms with van der Waals surface area (Å²) in [7, 11) is 1.48. The SMILES string of the molecule is C=CCOc1ccc(C(=O)N/N=C/c2cccc(OCC(=O)O)c2)cc1OC. The summed E-state index contributed by atoms with van der Waals surface area (Å²) in [6.07, 6.45) is 3.03. The highest BCUT2D eigenvalue weighted by molar-refractivity contribution is 5.95. The standard InChI is InChI=1S/C20H20N2O6/c1-3-9-27-17-8-7-15(11-18(17)26-2)20(25)22-21-12-14-5-4-6-16(10-14)28-13-19(23)24/h3-8,10-12H,1,9,13H2,2H3,(H,22,25)(H,23,24)/b21-12+. The van der Waals surface area contributed by atoms with Crippen LogP contribution in [0, 0.1) is 0 Å². The number of benzene rings is 2. The molecule has 0 bridgehead atoms. The van der Waals surface area contributed by atoms with Crippen molar-refractivity contribution in [2.75, 3.05) is 20.3 Å². The highest BCUT2D eigenvalue weighted by Gasteiger charge is 2.10. The van der Waals surface area contributed by atoms with Gasteiger partial charge < -0.3 is 19.3 Å². The fourth-order valence-corrected chi connectivity index (χ4v) is 2.14. The van der Waals surface area contributed by atoms with Crippen molar-refractivity contribution >= 4 is 18.1 Å². The van der Waals surface area contributed by atoms with E-state index in [9.17, 15) is 9.59 Å². The molecule has 2 aromatic rings. The Hall–Kier alpha value is -3.81. The number of methoxy groups -OCH3 is 1. The van der Waals surface area contributed by atoms with Crippen molar-refractivity contribution in [3.8, 4) is 17.2 Å². The van der Waals surface area contributed by atoms with Crippen molar-refractivity contribution in [3.63, 3.8) is 0 Å². The first kappa shape index (κ1) is 20.5. The Morgan fingerprint density at radius 2 is 2.00 bits per heavy atom. The van der Waals surface area contributed by atoms with Crippen molar-refractivity contribution in [3.05, 3.63) is 66.2 Å². The predicted molar refractivity (Wildman–Crippen MR) is 103 cm³/mol. The number of hydrazone groups is 1. The first-order valence-electron chi connectivity index (χ1n) is 8.23. The molecule has 0 fully saturated rings. The summed E-state index contributed by atoms with van der Waals surface area (Å²) in [6.45, 7) is 3.46. The van der Waals surface area contributed by atoms with Crippen LogP contribution in [0.25, 0.3) is 0 Å². The normalized spacial score (nSPS) is 10.3. The van der Waals surface area contributed by atoms with Crippen molar-refractivity contribution < 1.29 is 28.9 Å². The number of carbonyl (C=O) groups excluding carboxylic acids is 1. The number of nitrogens with one attached hydrogen (secondary N) is 1. The lowest BCUT2D eigenvalue weighted by atomic mass is 10.2. The van der Waals surface area contributed by atoms with E-state index in [4.69, 9.17) is 19.3 Å². The fourth-order valence-electron chi connectivity index (χ4n) is 2.14. The maximum atomic E-state index is 12.2. The van der Waals surface area contributed by atoms with Gasteiger partial charge in [0.15, 0.2) is 18.1 Å². The summed E-state index contributed by atoms with van der Waals surface area (Å²) in [5.41, 5.74) is 3.39. The van der Waals surface area contributed by atoms with Gasteiger partial charge in [0.1, 0.15) is 12.4 Å². The highest BCUT2D eigenvalue weighted by atomic mass is 16.5. The number of hydrogen-bond acceptors (Lipinski definition) is 6. The minimum absolute atomic E-state index is 0.321. The van der Waals surface area contributed by atoms with E-state index >= 15 is 0 Å². The third-order valence-electron chi connectivity index (χ3n) is 3.38. The monoisotopic (exact) mass is 384 g/mol. The zero-order chi connectivity index (χ0) is 20.4. The van der Waals surface area contributed by atoms with Crippen LogP contribution in [0.3, 0.4) is 0 Å². The van der Waals surface area contributed by atoms with Gasteiger partial charge in [-0.05, 0) is 35.9 Å². The van der Waals surface area contributed by atoms with Crippen molar-refractivity contribution in [2.24, 2.45) is 5.10 Å². The molecule has 0 aliphatic rings. The number of carboxylic acids is 1. The molecular formula is C20H20N2O6. The second-order valence-corrected chi connectivity index (χ2v) is 5.42. The van der Waals surface area contributed by atoms with E-state index in [0.717, 1.165) is 0 Å². The number of carbonyl (C=O) groups is 2. The third kappa shape index (κ3) is 6.17. The van der Waals surface area contributed by atoms with E-state index in [2.05, 4.69) is 17.1 Å². The number of ether oxygens (including phenoxy) is 3. The highest BCUT2D eigenvalue weighted by Crippen LogP contribution is 2.28. The molecule has 0 spiro atoms. The van der Waals surface area contributed by atoms with Crippen LogP contribution in [0.2, 0.25) is 0 Å².